The van der Waals surface area contributed by atoms with Gasteiger partial charge in [-0.2, -0.15) is 0 Å². The summed E-state index contributed by atoms with van der Waals surface area (Å²) in [4.78, 5) is 55.5. The summed E-state index contributed by atoms with van der Waals surface area (Å²) in [7, 11) is 0. The number of amides is 2. The van der Waals surface area contributed by atoms with Crippen LogP contribution in [0.15, 0.2) is 54.7 Å². The molecule has 2 amide bonds. The zero-order valence-electron chi connectivity index (χ0n) is 19.1. The molecule has 0 aromatic heterocycles. The second-order valence-electron chi connectivity index (χ2n) is 9.84. The maximum absolute atomic E-state index is 13.9. The van der Waals surface area contributed by atoms with E-state index >= 15 is 0 Å². The van der Waals surface area contributed by atoms with Gasteiger partial charge in [-0.05, 0) is 42.2 Å². The summed E-state index contributed by atoms with van der Waals surface area (Å²) in [5.74, 6) is -2.15. The summed E-state index contributed by atoms with van der Waals surface area (Å²) in [6.07, 6.45) is 8.44. The van der Waals surface area contributed by atoms with E-state index in [2.05, 4.69) is 0 Å². The Labute approximate surface area is 202 Å². The first kappa shape index (κ1) is 21.7. The molecule has 2 aromatic carbocycles. The SMILES string of the molecule is O=C(c1ccc([N+](=O)[O-])cc1)[C@H]1[C@H]2C(=O)N(C3CCCCC3)C(=O)[C@@H]2[C@H]2c3ccccc3C=CN21. The summed E-state index contributed by atoms with van der Waals surface area (Å²) in [5.41, 5.74) is 2.11. The molecule has 0 N–H and O–H groups in total. The van der Waals surface area contributed by atoms with E-state index in [0.717, 1.165) is 43.2 Å². The maximum Gasteiger partial charge on any atom is 0.269 e. The molecule has 1 saturated carbocycles. The second kappa shape index (κ2) is 8.15. The van der Waals surface area contributed by atoms with Crippen LogP contribution in [0.2, 0.25) is 0 Å². The minimum absolute atomic E-state index is 0.104. The van der Waals surface area contributed by atoms with E-state index in [1.807, 2.05) is 41.4 Å². The Morgan fingerprint density at radius 3 is 2.31 bits per heavy atom. The van der Waals surface area contributed by atoms with Gasteiger partial charge >= 0.3 is 0 Å². The van der Waals surface area contributed by atoms with Crippen LogP contribution in [-0.2, 0) is 9.59 Å². The van der Waals surface area contributed by atoms with E-state index in [9.17, 15) is 24.5 Å². The van der Waals surface area contributed by atoms with Crippen molar-refractivity contribution in [3.63, 3.8) is 0 Å². The van der Waals surface area contributed by atoms with Gasteiger partial charge in [0.2, 0.25) is 11.8 Å². The highest BCUT2D eigenvalue weighted by atomic mass is 16.6. The molecule has 3 fully saturated rings. The van der Waals surface area contributed by atoms with Crippen LogP contribution < -0.4 is 0 Å². The van der Waals surface area contributed by atoms with Crippen LogP contribution in [0.3, 0.4) is 0 Å². The fourth-order valence-electron chi connectivity index (χ4n) is 6.50. The molecular formula is C27H25N3O5. The van der Waals surface area contributed by atoms with Crippen LogP contribution in [0, 0.1) is 22.0 Å². The molecule has 0 radical (unpaired) electrons. The van der Waals surface area contributed by atoms with E-state index < -0.39 is 28.8 Å². The monoisotopic (exact) mass is 471 g/mol. The van der Waals surface area contributed by atoms with Crippen molar-refractivity contribution in [2.24, 2.45) is 11.8 Å². The van der Waals surface area contributed by atoms with E-state index in [0.29, 0.717) is 5.56 Å². The molecule has 2 aromatic rings. The molecule has 3 aliphatic heterocycles. The molecule has 0 spiro atoms. The first-order chi connectivity index (χ1) is 17.0. The minimum Gasteiger partial charge on any atom is -0.358 e. The number of likely N-dealkylation sites (tertiary alicyclic amines) is 1. The molecule has 2 saturated heterocycles. The van der Waals surface area contributed by atoms with Crippen LogP contribution in [0.4, 0.5) is 5.69 Å². The number of ketones is 1. The average Bonchev–Trinajstić information content (AvgIpc) is 3.36. The quantitative estimate of drug-likeness (QED) is 0.288. The lowest BCUT2D eigenvalue weighted by molar-refractivity contribution is -0.384. The number of carbonyl (C=O) groups excluding carboxylic acids is 3. The number of nitro benzene ring substituents is 1. The van der Waals surface area contributed by atoms with Gasteiger partial charge in [-0.15, -0.1) is 0 Å². The van der Waals surface area contributed by atoms with Gasteiger partial charge in [0, 0.05) is 29.9 Å². The third-order valence-corrected chi connectivity index (χ3v) is 8.07. The Kier molecular flexibility index (Phi) is 5.05. The first-order valence-electron chi connectivity index (χ1n) is 12.2. The number of rotatable bonds is 4. The lowest BCUT2D eigenvalue weighted by Gasteiger charge is -2.37. The summed E-state index contributed by atoms with van der Waals surface area (Å²) in [5, 5.41) is 11.1. The third-order valence-electron chi connectivity index (χ3n) is 8.07. The summed E-state index contributed by atoms with van der Waals surface area (Å²) in [6, 6.07) is 11.9. The Morgan fingerprint density at radius 1 is 0.914 bits per heavy atom. The van der Waals surface area contributed by atoms with Crippen LogP contribution >= 0.6 is 0 Å². The number of nitro groups is 1. The highest BCUT2D eigenvalue weighted by Crippen LogP contribution is 2.53. The zero-order valence-corrected chi connectivity index (χ0v) is 19.1. The minimum atomic E-state index is -0.846. The van der Waals surface area contributed by atoms with Crippen molar-refractivity contribution in [1.82, 2.24) is 9.80 Å². The Bertz CT molecular complexity index is 1260. The molecule has 1 aliphatic carbocycles. The molecular weight excluding hydrogens is 446 g/mol. The molecule has 8 nitrogen and oxygen atoms in total. The molecule has 0 unspecified atom stereocenters. The number of fused-ring (bicyclic) bond motifs is 5. The Morgan fingerprint density at radius 2 is 1.60 bits per heavy atom. The van der Waals surface area contributed by atoms with Gasteiger partial charge in [0.25, 0.3) is 5.69 Å². The van der Waals surface area contributed by atoms with E-state index in [4.69, 9.17) is 0 Å². The van der Waals surface area contributed by atoms with E-state index in [1.54, 1.807) is 0 Å². The fourth-order valence-corrected chi connectivity index (χ4v) is 6.50. The zero-order chi connectivity index (χ0) is 24.3. The smallest absolute Gasteiger partial charge is 0.269 e. The summed E-state index contributed by atoms with van der Waals surface area (Å²) in [6.45, 7) is 0. The number of Topliss-reactive ketones (excluding diaryl/α,β-unsaturated/α-hetero) is 1. The van der Waals surface area contributed by atoms with Crippen LogP contribution in [0.25, 0.3) is 6.08 Å². The number of hydrogen-bond donors (Lipinski definition) is 0. The van der Waals surface area contributed by atoms with E-state index in [1.165, 1.54) is 29.2 Å². The van der Waals surface area contributed by atoms with Gasteiger partial charge < -0.3 is 4.90 Å². The highest BCUT2D eigenvalue weighted by Gasteiger charge is 2.65. The van der Waals surface area contributed by atoms with Crippen LogP contribution in [0.5, 0.6) is 0 Å². The van der Waals surface area contributed by atoms with Gasteiger partial charge in [-0.3, -0.25) is 29.4 Å². The van der Waals surface area contributed by atoms with Gasteiger partial charge in [-0.25, -0.2) is 0 Å². The number of carbonyl (C=O) groups is 3. The fraction of sp³-hybridized carbons (Fsp3) is 0.370. The standard InChI is InChI=1S/C27H25N3O5/c31-25(17-10-12-19(13-11-17)30(34)35)24-22-21(23-20-9-5-4-6-16(20)14-15-28(23)24)26(32)29(27(22)33)18-7-2-1-3-8-18/h4-6,9-15,18,21-24H,1-3,7-8H2/t21-,22-,23+,24+/m0/s1. The average molecular weight is 472 g/mol. The van der Waals surface area contributed by atoms with Gasteiger partial charge in [0.15, 0.2) is 5.78 Å². The number of non-ortho nitro benzene ring substituents is 1. The van der Waals surface area contributed by atoms with Gasteiger partial charge in [-0.1, -0.05) is 43.5 Å². The normalized spacial score (nSPS) is 27.5. The van der Waals surface area contributed by atoms with Crippen molar-refractivity contribution in [2.45, 2.75) is 50.2 Å². The molecule has 178 valence electrons. The van der Waals surface area contributed by atoms with Crippen LogP contribution in [0.1, 0.15) is 59.6 Å². The third kappa shape index (κ3) is 3.23. The number of benzene rings is 2. The van der Waals surface area contributed by atoms with E-state index in [-0.39, 0.29) is 29.3 Å². The van der Waals surface area contributed by atoms with Crippen molar-refractivity contribution in [3.8, 4) is 0 Å². The van der Waals surface area contributed by atoms with Crippen LogP contribution in [-0.4, -0.2) is 44.4 Å². The summed E-state index contributed by atoms with van der Waals surface area (Å²) >= 11 is 0. The van der Waals surface area contributed by atoms with Crippen molar-refractivity contribution in [3.05, 3.63) is 81.5 Å². The first-order valence-corrected chi connectivity index (χ1v) is 12.2. The number of nitrogens with zero attached hydrogens (tertiary/aromatic N) is 3. The Balaban J connectivity index is 1.43. The van der Waals surface area contributed by atoms with Gasteiger partial charge in [0.1, 0.15) is 6.04 Å². The lowest BCUT2D eigenvalue weighted by atomic mass is 9.83. The predicted octanol–water partition coefficient (Wildman–Crippen LogP) is 4.12. The molecule has 4 aliphatic rings. The van der Waals surface area contributed by atoms with Crippen molar-refractivity contribution in [1.29, 1.82) is 0 Å². The largest absolute Gasteiger partial charge is 0.358 e. The lowest BCUT2D eigenvalue weighted by Crippen LogP contribution is -2.47. The Hall–Kier alpha value is -3.81. The number of imide groups is 1. The maximum atomic E-state index is 13.9. The predicted molar refractivity (Wildman–Crippen MR) is 127 cm³/mol. The second-order valence-corrected chi connectivity index (χ2v) is 9.84. The molecule has 6 rings (SSSR count). The molecule has 4 atom stereocenters. The van der Waals surface area contributed by atoms with Crippen molar-refractivity contribution < 1.29 is 19.3 Å². The number of hydrogen-bond acceptors (Lipinski definition) is 6. The summed E-state index contributed by atoms with van der Waals surface area (Å²) < 4.78 is 0. The molecule has 8 heteroatoms. The highest BCUT2D eigenvalue weighted by molar-refractivity contribution is 6.12. The molecule has 0 bridgehead atoms. The molecule has 3 heterocycles. The van der Waals surface area contributed by atoms with Crippen molar-refractivity contribution >= 4 is 29.4 Å². The topological polar surface area (TPSA) is 101 Å². The molecule has 35 heavy (non-hydrogen) atoms. The van der Waals surface area contributed by atoms with Crippen molar-refractivity contribution in [2.75, 3.05) is 0 Å². The van der Waals surface area contributed by atoms with Gasteiger partial charge in [0.05, 0.1) is 22.8 Å².